The molecule has 5 saturated carbocycles. The first-order valence-electron chi connectivity index (χ1n) is 15.8. The number of hydrogen-bond donors (Lipinski definition) is 0. The largest absolute Gasteiger partial charge is 0.469 e. The van der Waals surface area contributed by atoms with E-state index in [1.807, 2.05) is 18.2 Å². The lowest BCUT2D eigenvalue weighted by molar-refractivity contribution is -0.232. The Kier molecular flexibility index (Phi) is 6.27. The Hall–Kier alpha value is -2.10. The van der Waals surface area contributed by atoms with Crippen molar-refractivity contribution >= 4 is 17.8 Å². The predicted molar refractivity (Wildman–Crippen MR) is 158 cm³/mol. The van der Waals surface area contributed by atoms with Gasteiger partial charge in [-0.2, -0.15) is 0 Å². The summed E-state index contributed by atoms with van der Waals surface area (Å²) in [7, 11) is 1.58. The number of esters is 1. The van der Waals surface area contributed by atoms with Crippen molar-refractivity contribution in [1.29, 1.82) is 0 Å². The van der Waals surface area contributed by atoms with Crippen molar-refractivity contribution in [2.75, 3.05) is 7.11 Å². The van der Waals surface area contributed by atoms with Gasteiger partial charge in [0.05, 0.1) is 18.8 Å². The van der Waals surface area contributed by atoms with Crippen LogP contribution in [0.15, 0.2) is 40.5 Å². The van der Waals surface area contributed by atoms with E-state index < -0.39 is 5.41 Å². The van der Waals surface area contributed by atoms with Gasteiger partial charge in [0.15, 0.2) is 5.78 Å². The van der Waals surface area contributed by atoms with Crippen LogP contribution in [0.1, 0.15) is 105 Å². The third kappa shape index (κ3) is 3.43. The summed E-state index contributed by atoms with van der Waals surface area (Å²) in [6.45, 7) is 18.7. The molecule has 0 N–H and O–H groups in total. The average molecular weight is 547 g/mol. The normalized spacial score (nSPS) is 46.6. The van der Waals surface area contributed by atoms with E-state index in [-0.39, 0.29) is 27.6 Å². The molecule has 0 aliphatic heterocycles. The Balaban J connectivity index is 1.42. The van der Waals surface area contributed by atoms with E-state index in [1.165, 1.54) is 12.0 Å². The molecule has 0 aromatic carbocycles. The van der Waals surface area contributed by atoms with E-state index >= 15 is 0 Å². The third-order valence-corrected chi connectivity index (χ3v) is 14.1. The molecule has 5 fully saturated rings. The molecule has 5 aliphatic rings. The number of carbonyl (C=O) groups is 2. The Morgan fingerprint density at radius 2 is 1.75 bits per heavy atom. The number of carbonyl (C=O) groups excluding carboxylic acids is 2. The lowest BCUT2D eigenvalue weighted by Gasteiger charge is -2.72. The monoisotopic (exact) mass is 546 g/mol. The minimum Gasteiger partial charge on any atom is -0.469 e. The highest BCUT2D eigenvalue weighted by atomic mass is 16.5. The Bertz CT molecular complexity index is 1250. The van der Waals surface area contributed by atoms with Gasteiger partial charge in [0.2, 0.25) is 0 Å². The standard InChI is InChI=1S/C36H50O4/c1-22(2)25-13-16-36(31(38)39-8)18-17-34(6)26(29(25)36)11-12-28-33(5)21-23(20-24-10-9-19-40-24)30(37)32(3,4)27(33)14-15-35(28,34)7/h9-10,19-20,25-29H,1,11-18,21H2,2-8H3. The second-order valence-corrected chi connectivity index (χ2v) is 15.7. The molecule has 0 bridgehead atoms. The van der Waals surface area contributed by atoms with Gasteiger partial charge in [-0.05, 0) is 134 Å². The SMILES string of the molecule is C=C(C)C1CCC2(C(=O)OC)CCC3(C)C(CCC4C5(C)CC(=Cc6ccco6)C(=O)C(C)(C)C5CCC43C)C12. The van der Waals surface area contributed by atoms with Crippen molar-refractivity contribution in [3.8, 4) is 0 Å². The van der Waals surface area contributed by atoms with Crippen LogP contribution in [-0.2, 0) is 14.3 Å². The van der Waals surface area contributed by atoms with Crippen LogP contribution >= 0.6 is 0 Å². The summed E-state index contributed by atoms with van der Waals surface area (Å²) >= 11 is 0. The minimum absolute atomic E-state index is 0.0199. The van der Waals surface area contributed by atoms with Gasteiger partial charge in [0.1, 0.15) is 5.76 Å². The van der Waals surface area contributed by atoms with Gasteiger partial charge in [0.25, 0.3) is 0 Å². The zero-order valence-corrected chi connectivity index (χ0v) is 25.9. The van der Waals surface area contributed by atoms with Crippen LogP contribution in [0.5, 0.6) is 0 Å². The quantitative estimate of drug-likeness (QED) is 0.216. The van der Waals surface area contributed by atoms with Crippen molar-refractivity contribution < 1.29 is 18.7 Å². The van der Waals surface area contributed by atoms with Crippen LogP contribution in [0.3, 0.4) is 0 Å². The van der Waals surface area contributed by atoms with Crippen molar-refractivity contribution in [1.82, 2.24) is 0 Å². The fourth-order valence-corrected chi connectivity index (χ4v) is 12.2. The maximum absolute atomic E-state index is 13.9. The molecular weight excluding hydrogens is 496 g/mol. The molecule has 0 amide bonds. The topological polar surface area (TPSA) is 56.5 Å². The van der Waals surface area contributed by atoms with Gasteiger partial charge in [-0.25, -0.2) is 0 Å². The summed E-state index contributed by atoms with van der Waals surface area (Å²) in [5.41, 5.74) is 1.75. The fourth-order valence-electron chi connectivity index (χ4n) is 12.2. The van der Waals surface area contributed by atoms with Crippen LogP contribution in [0, 0.1) is 56.7 Å². The van der Waals surface area contributed by atoms with Crippen molar-refractivity contribution in [2.45, 2.75) is 99.3 Å². The predicted octanol–water partition coefficient (Wildman–Crippen LogP) is 8.67. The number of furan rings is 1. The number of methoxy groups -OCH3 is 1. The minimum atomic E-state index is -0.395. The molecule has 0 saturated heterocycles. The maximum atomic E-state index is 13.9. The smallest absolute Gasteiger partial charge is 0.312 e. The third-order valence-electron chi connectivity index (χ3n) is 14.1. The van der Waals surface area contributed by atoms with Crippen LogP contribution in [0.2, 0.25) is 0 Å². The number of Topliss-reactive ketones (excluding diaryl/α,β-unsaturated/α-hetero) is 1. The molecule has 9 atom stereocenters. The van der Waals surface area contributed by atoms with E-state index in [1.54, 1.807) is 13.4 Å². The number of ketones is 1. The van der Waals surface area contributed by atoms with Crippen LogP contribution in [0.25, 0.3) is 6.08 Å². The van der Waals surface area contributed by atoms with E-state index in [0.717, 1.165) is 62.7 Å². The summed E-state index contributed by atoms with van der Waals surface area (Å²) in [4.78, 5) is 27.4. The molecule has 40 heavy (non-hydrogen) atoms. The van der Waals surface area contributed by atoms with Crippen LogP contribution < -0.4 is 0 Å². The molecule has 218 valence electrons. The molecule has 4 heteroatoms. The number of ether oxygens (including phenoxy) is 1. The first-order chi connectivity index (χ1) is 18.8. The molecular formula is C36H50O4. The molecule has 0 radical (unpaired) electrons. The molecule has 1 aromatic rings. The zero-order chi connectivity index (χ0) is 28.9. The second-order valence-electron chi connectivity index (χ2n) is 15.7. The van der Waals surface area contributed by atoms with Gasteiger partial charge in [0, 0.05) is 5.41 Å². The second kappa shape index (κ2) is 8.95. The molecule has 9 unspecified atom stereocenters. The molecule has 5 aliphatic carbocycles. The maximum Gasteiger partial charge on any atom is 0.312 e. The van der Waals surface area contributed by atoms with Gasteiger partial charge < -0.3 is 9.15 Å². The summed E-state index contributed by atoms with van der Waals surface area (Å²) < 4.78 is 11.2. The zero-order valence-electron chi connectivity index (χ0n) is 25.9. The highest BCUT2D eigenvalue weighted by Gasteiger charge is 2.72. The summed E-state index contributed by atoms with van der Waals surface area (Å²) in [6.07, 6.45) is 13.1. The van der Waals surface area contributed by atoms with E-state index in [4.69, 9.17) is 9.15 Å². The van der Waals surface area contributed by atoms with E-state index in [2.05, 4.69) is 48.1 Å². The number of rotatable bonds is 3. The summed E-state index contributed by atoms with van der Waals surface area (Å²) in [5, 5.41) is 0. The van der Waals surface area contributed by atoms with Crippen molar-refractivity contribution in [2.24, 2.45) is 56.7 Å². The highest BCUT2D eigenvalue weighted by molar-refractivity contribution is 6.04. The van der Waals surface area contributed by atoms with Crippen LogP contribution in [-0.4, -0.2) is 18.9 Å². The number of fused-ring (bicyclic) bond motifs is 7. The lowest BCUT2D eigenvalue weighted by Crippen LogP contribution is -2.67. The fraction of sp³-hybridized carbons (Fsp3) is 0.722. The van der Waals surface area contributed by atoms with E-state index in [0.29, 0.717) is 35.4 Å². The Labute approximate surface area is 241 Å². The Morgan fingerprint density at radius 3 is 2.40 bits per heavy atom. The first-order valence-corrected chi connectivity index (χ1v) is 15.8. The molecule has 0 spiro atoms. The van der Waals surface area contributed by atoms with Gasteiger partial charge >= 0.3 is 5.97 Å². The molecule has 1 heterocycles. The average Bonchev–Trinajstić information content (AvgIpc) is 3.55. The first kappa shape index (κ1) is 28.0. The number of hydrogen-bond acceptors (Lipinski definition) is 4. The number of allylic oxidation sites excluding steroid dienone is 2. The highest BCUT2D eigenvalue weighted by Crippen LogP contribution is 2.77. The lowest BCUT2D eigenvalue weighted by atomic mass is 9.32. The van der Waals surface area contributed by atoms with E-state index in [9.17, 15) is 9.59 Å². The van der Waals surface area contributed by atoms with Crippen molar-refractivity contribution in [3.63, 3.8) is 0 Å². The summed E-state index contributed by atoms with van der Waals surface area (Å²) in [6, 6.07) is 3.85. The molecule has 6 rings (SSSR count). The van der Waals surface area contributed by atoms with Crippen LogP contribution in [0.4, 0.5) is 0 Å². The molecule has 4 nitrogen and oxygen atoms in total. The van der Waals surface area contributed by atoms with Crippen molar-refractivity contribution in [3.05, 3.63) is 41.9 Å². The van der Waals surface area contributed by atoms with Gasteiger partial charge in [-0.3, -0.25) is 9.59 Å². The molecule has 1 aromatic heterocycles. The summed E-state index contributed by atoms with van der Waals surface area (Å²) in [5.74, 6) is 3.19. The van der Waals surface area contributed by atoms with Gasteiger partial charge in [-0.15, -0.1) is 0 Å². The Morgan fingerprint density at radius 1 is 1.00 bits per heavy atom. The van der Waals surface area contributed by atoms with Gasteiger partial charge in [-0.1, -0.05) is 46.8 Å².